The second-order valence-corrected chi connectivity index (χ2v) is 9.44. The standard InChI is InChI=1S/C34H30O3/c35-32-25-34(30-16-8-3-9-17-30,24-23-26-11-4-1-5-12-26)37-33(36)31(32)18-10-13-27-19-21-29(22-20-27)28-14-6-2-7-15-28/h1-12,14-22,35H,13,23-25H2. The molecule has 0 radical (unpaired) electrons. The summed E-state index contributed by atoms with van der Waals surface area (Å²) in [6.45, 7) is 0. The monoisotopic (exact) mass is 486 g/mol. The number of ether oxygens (including phenoxy) is 1. The average molecular weight is 487 g/mol. The molecule has 0 amide bonds. The van der Waals surface area contributed by atoms with Crippen molar-refractivity contribution in [1.29, 1.82) is 0 Å². The lowest BCUT2D eigenvalue weighted by atomic mass is 9.81. The van der Waals surface area contributed by atoms with Crippen LogP contribution in [-0.4, -0.2) is 11.1 Å². The van der Waals surface area contributed by atoms with Crippen molar-refractivity contribution >= 4 is 5.97 Å². The van der Waals surface area contributed by atoms with Crippen LogP contribution in [0.5, 0.6) is 0 Å². The van der Waals surface area contributed by atoms with Gasteiger partial charge in [-0.15, -0.1) is 0 Å². The number of carbonyl (C=O) groups is 1. The van der Waals surface area contributed by atoms with Gasteiger partial charge in [-0.1, -0.05) is 121 Å². The number of aliphatic hydroxyl groups is 1. The van der Waals surface area contributed by atoms with E-state index in [0.717, 1.165) is 23.1 Å². The van der Waals surface area contributed by atoms with E-state index in [-0.39, 0.29) is 17.8 Å². The molecule has 5 rings (SSSR count). The van der Waals surface area contributed by atoms with Crippen molar-refractivity contribution in [3.05, 3.63) is 155 Å². The summed E-state index contributed by atoms with van der Waals surface area (Å²) < 4.78 is 6.12. The number of benzene rings is 4. The molecule has 184 valence electrons. The SMILES string of the molecule is O=C1OC(CCc2ccccc2)(c2ccccc2)CC(O)=C1C=CCc1ccc(-c2ccccc2)cc1. The molecule has 0 aliphatic carbocycles. The summed E-state index contributed by atoms with van der Waals surface area (Å²) in [5.74, 6) is -0.416. The van der Waals surface area contributed by atoms with Crippen molar-refractivity contribution in [3.63, 3.8) is 0 Å². The third-order valence-corrected chi connectivity index (χ3v) is 6.93. The Morgan fingerprint density at radius 3 is 1.97 bits per heavy atom. The molecule has 0 saturated carbocycles. The Balaban J connectivity index is 1.32. The minimum Gasteiger partial charge on any atom is -0.511 e. The second kappa shape index (κ2) is 11.1. The Hall–Kier alpha value is -4.37. The highest BCUT2D eigenvalue weighted by molar-refractivity contribution is 5.93. The number of aryl methyl sites for hydroxylation is 1. The van der Waals surface area contributed by atoms with Gasteiger partial charge in [-0.05, 0) is 53.2 Å². The summed E-state index contributed by atoms with van der Waals surface area (Å²) in [5.41, 5.74) is 4.86. The van der Waals surface area contributed by atoms with Gasteiger partial charge >= 0.3 is 5.97 Å². The fourth-order valence-corrected chi connectivity index (χ4v) is 4.87. The molecule has 1 atom stereocenters. The van der Waals surface area contributed by atoms with Crippen LogP contribution in [-0.2, 0) is 28.0 Å². The largest absolute Gasteiger partial charge is 0.511 e. The van der Waals surface area contributed by atoms with Crippen molar-refractivity contribution in [1.82, 2.24) is 0 Å². The fourth-order valence-electron chi connectivity index (χ4n) is 4.87. The van der Waals surface area contributed by atoms with Gasteiger partial charge in [0.25, 0.3) is 0 Å². The van der Waals surface area contributed by atoms with Crippen molar-refractivity contribution in [2.24, 2.45) is 0 Å². The lowest BCUT2D eigenvalue weighted by Gasteiger charge is -2.37. The van der Waals surface area contributed by atoms with Crippen LogP contribution in [0.3, 0.4) is 0 Å². The lowest BCUT2D eigenvalue weighted by Crippen LogP contribution is -2.38. The molecule has 3 nitrogen and oxygen atoms in total. The maximum absolute atomic E-state index is 13.2. The Labute approximate surface area is 218 Å². The van der Waals surface area contributed by atoms with Gasteiger partial charge < -0.3 is 9.84 Å². The molecule has 0 fully saturated rings. The van der Waals surface area contributed by atoms with Crippen molar-refractivity contribution in [2.45, 2.75) is 31.3 Å². The van der Waals surface area contributed by atoms with Gasteiger partial charge in [0.2, 0.25) is 0 Å². The predicted molar refractivity (Wildman–Crippen MR) is 148 cm³/mol. The number of aliphatic hydroxyl groups excluding tert-OH is 1. The van der Waals surface area contributed by atoms with Crippen LogP contribution >= 0.6 is 0 Å². The minimum atomic E-state index is -0.900. The second-order valence-electron chi connectivity index (χ2n) is 9.44. The molecule has 4 aromatic rings. The van der Waals surface area contributed by atoms with Crippen LogP contribution < -0.4 is 0 Å². The molecular weight excluding hydrogens is 456 g/mol. The number of hydrogen-bond donors (Lipinski definition) is 1. The molecule has 0 spiro atoms. The van der Waals surface area contributed by atoms with Crippen molar-refractivity contribution in [2.75, 3.05) is 0 Å². The first-order chi connectivity index (χ1) is 18.1. The van der Waals surface area contributed by atoms with Gasteiger partial charge in [-0.3, -0.25) is 0 Å². The molecule has 0 saturated heterocycles. The van der Waals surface area contributed by atoms with E-state index < -0.39 is 11.6 Å². The summed E-state index contributed by atoms with van der Waals surface area (Å²) in [7, 11) is 0. The van der Waals surface area contributed by atoms with Gasteiger partial charge in [-0.25, -0.2) is 4.79 Å². The van der Waals surface area contributed by atoms with Crippen LogP contribution in [0.25, 0.3) is 11.1 Å². The average Bonchev–Trinajstić information content (AvgIpc) is 2.95. The first-order valence-electron chi connectivity index (χ1n) is 12.7. The molecule has 0 aromatic heterocycles. The summed E-state index contributed by atoms with van der Waals surface area (Å²) in [4.78, 5) is 13.2. The minimum absolute atomic E-state index is 0.0730. The van der Waals surface area contributed by atoms with E-state index >= 15 is 0 Å². The highest BCUT2D eigenvalue weighted by Crippen LogP contribution is 2.41. The van der Waals surface area contributed by atoms with Gasteiger partial charge in [-0.2, -0.15) is 0 Å². The molecule has 1 N–H and O–H groups in total. The molecule has 1 aliphatic rings. The van der Waals surface area contributed by atoms with Crippen LogP contribution in [0.1, 0.15) is 29.5 Å². The maximum atomic E-state index is 13.2. The first-order valence-corrected chi connectivity index (χ1v) is 12.7. The Morgan fingerprint density at radius 1 is 0.730 bits per heavy atom. The number of cyclic esters (lactones) is 1. The normalized spacial score (nSPS) is 17.7. The van der Waals surface area contributed by atoms with Crippen molar-refractivity contribution in [3.8, 4) is 11.1 Å². The van der Waals surface area contributed by atoms with E-state index in [4.69, 9.17) is 4.74 Å². The van der Waals surface area contributed by atoms with Crippen LogP contribution in [0.15, 0.2) is 139 Å². The number of allylic oxidation sites excluding steroid dienone is 1. The molecule has 1 aliphatic heterocycles. The molecule has 0 bridgehead atoms. The summed E-state index contributed by atoms with van der Waals surface area (Å²) in [6, 6.07) is 38.5. The topological polar surface area (TPSA) is 46.5 Å². The Morgan fingerprint density at radius 2 is 1.32 bits per heavy atom. The van der Waals surface area contributed by atoms with Gasteiger partial charge in [0.05, 0.1) is 12.0 Å². The zero-order valence-electron chi connectivity index (χ0n) is 20.7. The van der Waals surface area contributed by atoms with Crippen LogP contribution in [0, 0.1) is 0 Å². The quantitative estimate of drug-likeness (QED) is 0.259. The highest BCUT2D eigenvalue weighted by Gasteiger charge is 2.42. The number of esters is 1. The molecule has 4 aromatic carbocycles. The smallest absolute Gasteiger partial charge is 0.342 e. The third kappa shape index (κ3) is 5.73. The summed E-state index contributed by atoms with van der Waals surface area (Å²) >= 11 is 0. The number of rotatable bonds is 8. The van der Waals surface area contributed by atoms with E-state index in [2.05, 4.69) is 48.5 Å². The van der Waals surface area contributed by atoms with Crippen LogP contribution in [0.2, 0.25) is 0 Å². The van der Waals surface area contributed by atoms with Gasteiger partial charge in [0.1, 0.15) is 11.4 Å². The Kier molecular flexibility index (Phi) is 7.32. The van der Waals surface area contributed by atoms with E-state index in [0.29, 0.717) is 12.8 Å². The maximum Gasteiger partial charge on any atom is 0.342 e. The molecule has 1 heterocycles. The number of hydrogen-bond acceptors (Lipinski definition) is 3. The molecule has 1 unspecified atom stereocenters. The predicted octanol–water partition coefficient (Wildman–Crippen LogP) is 7.74. The van der Waals surface area contributed by atoms with E-state index in [1.807, 2.05) is 72.8 Å². The summed E-state index contributed by atoms with van der Waals surface area (Å²) in [6.07, 6.45) is 5.82. The molecule has 37 heavy (non-hydrogen) atoms. The molecule has 3 heteroatoms. The van der Waals surface area contributed by atoms with E-state index in [1.165, 1.54) is 11.1 Å². The highest BCUT2D eigenvalue weighted by atomic mass is 16.6. The zero-order valence-corrected chi connectivity index (χ0v) is 20.7. The Bertz CT molecular complexity index is 1390. The zero-order chi connectivity index (χ0) is 25.5. The first kappa shape index (κ1) is 24.3. The third-order valence-electron chi connectivity index (χ3n) is 6.93. The van der Waals surface area contributed by atoms with E-state index in [9.17, 15) is 9.90 Å². The van der Waals surface area contributed by atoms with Crippen LogP contribution in [0.4, 0.5) is 0 Å². The molecular formula is C34H30O3. The van der Waals surface area contributed by atoms with Gasteiger partial charge in [0, 0.05) is 0 Å². The fraction of sp³-hybridized carbons (Fsp3) is 0.147. The summed E-state index contributed by atoms with van der Waals surface area (Å²) in [5, 5.41) is 11.0. The van der Waals surface area contributed by atoms with E-state index in [1.54, 1.807) is 6.08 Å². The van der Waals surface area contributed by atoms with Gasteiger partial charge in [0.15, 0.2) is 0 Å². The lowest BCUT2D eigenvalue weighted by molar-refractivity contribution is -0.160. The van der Waals surface area contributed by atoms with Crippen molar-refractivity contribution < 1.29 is 14.6 Å². The number of carbonyl (C=O) groups excluding carboxylic acids is 1.